The summed E-state index contributed by atoms with van der Waals surface area (Å²) in [6.07, 6.45) is 2.94. The molecule has 0 atom stereocenters. The lowest BCUT2D eigenvalue weighted by Gasteiger charge is -2.36. The predicted octanol–water partition coefficient (Wildman–Crippen LogP) is 3.63. The summed E-state index contributed by atoms with van der Waals surface area (Å²) in [5, 5.41) is 2.21. The van der Waals surface area contributed by atoms with Crippen LogP contribution in [0.4, 0.5) is 10.1 Å². The molecule has 6 nitrogen and oxygen atoms in total. The number of rotatable bonds is 7. The highest BCUT2D eigenvalue weighted by Gasteiger charge is 2.19. The minimum Gasteiger partial charge on any atom is -0.369 e. The minimum absolute atomic E-state index is 0.144. The van der Waals surface area contributed by atoms with Crippen molar-refractivity contribution in [2.24, 2.45) is 0 Å². The van der Waals surface area contributed by atoms with E-state index in [0.29, 0.717) is 5.56 Å². The van der Waals surface area contributed by atoms with E-state index in [1.54, 1.807) is 7.05 Å². The molecule has 4 rings (SSSR count). The highest BCUT2D eigenvalue weighted by atomic mass is 19.1. The lowest BCUT2D eigenvalue weighted by molar-refractivity contribution is -0.0755. The molecule has 0 spiro atoms. The number of anilines is 1. The molecule has 1 aliphatic rings. The second kappa shape index (κ2) is 9.49. The second-order valence-electron chi connectivity index (χ2n) is 7.90. The van der Waals surface area contributed by atoms with E-state index in [1.165, 1.54) is 24.3 Å². The predicted molar refractivity (Wildman–Crippen MR) is 121 cm³/mol. The number of halogens is 1. The molecule has 0 unspecified atom stereocenters. The monoisotopic (exact) mass is 424 g/mol. The molecule has 3 aromatic rings. The van der Waals surface area contributed by atoms with Crippen molar-refractivity contribution in [2.75, 3.05) is 51.8 Å². The molecule has 1 aliphatic heterocycles. The van der Waals surface area contributed by atoms with Crippen LogP contribution in [0.1, 0.15) is 16.8 Å². The van der Waals surface area contributed by atoms with Gasteiger partial charge in [-0.2, -0.15) is 0 Å². The van der Waals surface area contributed by atoms with Crippen LogP contribution in [0, 0.1) is 5.82 Å². The van der Waals surface area contributed by atoms with Crippen LogP contribution in [0.3, 0.4) is 0 Å². The summed E-state index contributed by atoms with van der Waals surface area (Å²) in [7, 11) is 3.12. The summed E-state index contributed by atoms with van der Waals surface area (Å²) in [6, 6.07) is 14.7. The van der Waals surface area contributed by atoms with Gasteiger partial charge in [0.2, 0.25) is 0 Å². The Morgan fingerprint density at radius 3 is 2.45 bits per heavy atom. The SMILES string of the molecule is CON(C)C(=O)c1cn(CCCN2CCN(c3ccc(F)cc3)CC2)c2ccccc12. The van der Waals surface area contributed by atoms with Crippen molar-refractivity contribution in [3.63, 3.8) is 0 Å². The normalized spacial score (nSPS) is 14.9. The number of piperazine rings is 1. The number of aromatic nitrogens is 1. The van der Waals surface area contributed by atoms with Crippen molar-refractivity contribution in [1.29, 1.82) is 0 Å². The molecule has 0 bridgehead atoms. The number of hydrogen-bond donors (Lipinski definition) is 0. The Morgan fingerprint density at radius 2 is 1.74 bits per heavy atom. The van der Waals surface area contributed by atoms with Gasteiger partial charge in [0.05, 0.1) is 12.7 Å². The zero-order chi connectivity index (χ0) is 21.8. The van der Waals surface area contributed by atoms with Gasteiger partial charge in [0.25, 0.3) is 5.91 Å². The van der Waals surface area contributed by atoms with E-state index in [0.717, 1.165) is 62.3 Å². The molecular weight excluding hydrogens is 395 g/mol. The number of amides is 1. The van der Waals surface area contributed by atoms with Gasteiger partial charge in [0.1, 0.15) is 5.82 Å². The largest absolute Gasteiger partial charge is 0.369 e. The fourth-order valence-electron chi connectivity index (χ4n) is 4.20. The number of aryl methyl sites for hydroxylation is 1. The van der Waals surface area contributed by atoms with Gasteiger partial charge in [0, 0.05) is 62.6 Å². The van der Waals surface area contributed by atoms with Crippen molar-refractivity contribution >= 4 is 22.5 Å². The van der Waals surface area contributed by atoms with Gasteiger partial charge in [-0.25, -0.2) is 9.45 Å². The van der Waals surface area contributed by atoms with Crippen LogP contribution < -0.4 is 4.90 Å². The van der Waals surface area contributed by atoms with Gasteiger partial charge < -0.3 is 9.47 Å². The molecule has 164 valence electrons. The Kier molecular flexibility index (Phi) is 6.53. The smallest absolute Gasteiger partial charge is 0.279 e. The quantitative estimate of drug-likeness (QED) is 0.543. The third kappa shape index (κ3) is 4.73. The van der Waals surface area contributed by atoms with Crippen LogP contribution in [0.5, 0.6) is 0 Å². The number of carbonyl (C=O) groups is 1. The van der Waals surface area contributed by atoms with Crippen molar-refractivity contribution in [2.45, 2.75) is 13.0 Å². The maximum atomic E-state index is 13.1. The van der Waals surface area contributed by atoms with Gasteiger partial charge >= 0.3 is 0 Å². The van der Waals surface area contributed by atoms with Gasteiger partial charge in [-0.3, -0.25) is 14.5 Å². The Labute approximate surface area is 182 Å². The molecule has 1 fully saturated rings. The molecule has 2 aromatic carbocycles. The first-order valence-corrected chi connectivity index (χ1v) is 10.7. The van der Waals surface area contributed by atoms with Crippen molar-refractivity contribution in [3.8, 4) is 0 Å². The summed E-state index contributed by atoms with van der Waals surface area (Å²) < 4.78 is 15.3. The third-order valence-corrected chi connectivity index (χ3v) is 6.02. The lowest BCUT2D eigenvalue weighted by atomic mass is 10.1. The molecule has 2 heterocycles. The van der Waals surface area contributed by atoms with Gasteiger partial charge in [0.15, 0.2) is 0 Å². The van der Waals surface area contributed by atoms with E-state index in [-0.39, 0.29) is 11.7 Å². The van der Waals surface area contributed by atoms with Crippen LogP contribution in [0.25, 0.3) is 10.9 Å². The van der Waals surface area contributed by atoms with Gasteiger partial charge in [-0.1, -0.05) is 18.2 Å². The maximum Gasteiger partial charge on any atom is 0.279 e. The van der Waals surface area contributed by atoms with E-state index < -0.39 is 0 Å². The van der Waals surface area contributed by atoms with E-state index in [9.17, 15) is 9.18 Å². The molecule has 1 amide bonds. The molecule has 0 saturated carbocycles. The Bertz CT molecular complexity index is 1030. The Balaban J connectivity index is 1.34. The van der Waals surface area contributed by atoms with Crippen LogP contribution in [-0.2, 0) is 11.4 Å². The average molecular weight is 425 g/mol. The number of nitrogens with zero attached hydrogens (tertiary/aromatic N) is 4. The first-order chi connectivity index (χ1) is 15.1. The standard InChI is InChI=1S/C24H29FN4O2/c1-26(31-2)24(30)22-18-29(23-7-4-3-6-21(22)23)13-5-12-27-14-16-28(17-15-27)20-10-8-19(25)9-11-20/h3-4,6-11,18H,5,12-17H2,1-2H3. The fourth-order valence-corrected chi connectivity index (χ4v) is 4.20. The summed E-state index contributed by atoms with van der Waals surface area (Å²) in [5.41, 5.74) is 2.81. The Hall–Kier alpha value is -2.90. The summed E-state index contributed by atoms with van der Waals surface area (Å²) in [5.74, 6) is -0.340. The van der Waals surface area contributed by atoms with E-state index >= 15 is 0 Å². The van der Waals surface area contributed by atoms with E-state index in [1.807, 2.05) is 36.5 Å². The first-order valence-electron chi connectivity index (χ1n) is 10.7. The molecule has 0 aliphatic carbocycles. The minimum atomic E-state index is -0.196. The van der Waals surface area contributed by atoms with Crippen molar-refractivity contribution < 1.29 is 14.0 Å². The van der Waals surface area contributed by atoms with Crippen molar-refractivity contribution in [3.05, 3.63) is 66.1 Å². The lowest BCUT2D eigenvalue weighted by Crippen LogP contribution is -2.46. The summed E-state index contributed by atoms with van der Waals surface area (Å²) in [4.78, 5) is 22.5. The topological polar surface area (TPSA) is 41.0 Å². The zero-order valence-corrected chi connectivity index (χ0v) is 18.1. The number of benzene rings is 2. The summed E-state index contributed by atoms with van der Waals surface area (Å²) in [6.45, 7) is 5.73. The van der Waals surface area contributed by atoms with E-state index in [2.05, 4.69) is 20.4 Å². The molecule has 0 radical (unpaired) electrons. The number of hydrogen-bond acceptors (Lipinski definition) is 4. The molecule has 7 heteroatoms. The van der Waals surface area contributed by atoms with Gasteiger partial charge in [-0.05, 0) is 43.3 Å². The third-order valence-electron chi connectivity index (χ3n) is 6.02. The maximum absolute atomic E-state index is 13.1. The van der Waals surface area contributed by atoms with Crippen molar-refractivity contribution in [1.82, 2.24) is 14.5 Å². The van der Waals surface area contributed by atoms with Crippen LogP contribution in [0.15, 0.2) is 54.7 Å². The number of fused-ring (bicyclic) bond motifs is 1. The Morgan fingerprint density at radius 1 is 1.03 bits per heavy atom. The number of hydroxylamine groups is 2. The number of carbonyl (C=O) groups excluding carboxylic acids is 1. The number of para-hydroxylation sites is 1. The van der Waals surface area contributed by atoms with E-state index in [4.69, 9.17) is 4.84 Å². The molecule has 31 heavy (non-hydrogen) atoms. The molecule has 1 saturated heterocycles. The fraction of sp³-hybridized carbons (Fsp3) is 0.375. The molecule has 0 N–H and O–H groups in total. The average Bonchev–Trinajstić information content (AvgIpc) is 3.18. The van der Waals surface area contributed by atoms with Crippen LogP contribution in [-0.4, -0.2) is 67.3 Å². The summed E-state index contributed by atoms with van der Waals surface area (Å²) >= 11 is 0. The highest BCUT2D eigenvalue weighted by Crippen LogP contribution is 2.23. The molecular formula is C24H29FN4O2. The van der Waals surface area contributed by atoms with Gasteiger partial charge in [-0.15, -0.1) is 0 Å². The van der Waals surface area contributed by atoms with Crippen LogP contribution in [0.2, 0.25) is 0 Å². The van der Waals surface area contributed by atoms with Crippen LogP contribution >= 0.6 is 0 Å². The zero-order valence-electron chi connectivity index (χ0n) is 18.1. The highest BCUT2D eigenvalue weighted by molar-refractivity contribution is 6.06. The first kappa shape index (κ1) is 21.3. The molecule has 1 aromatic heterocycles. The second-order valence-corrected chi connectivity index (χ2v) is 7.90.